The molecule has 2 aromatic rings. The highest BCUT2D eigenvalue weighted by molar-refractivity contribution is 5.79. The van der Waals surface area contributed by atoms with Crippen LogP contribution in [0.15, 0.2) is 53.6 Å². The Morgan fingerprint density at radius 2 is 1.77 bits per heavy atom. The Labute approximate surface area is 173 Å². The maximum absolute atomic E-state index is 12.7. The maximum Gasteiger partial charge on any atom is 0.409 e. The number of hydrogen-bond donors (Lipinski definition) is 1. The topological polar surface area (TPSA) is 116 Å². The number of hydrogen-bond acceptors (Lipinski definition) is 4. The van der Waals surface area contributed by atoms with Crippen LogP contribution < -0.4 is 0 Å². The lowest BCUT2D eigenvalue weighted by atomic mass is 9.86. The van der Waals surface area contributed by atoms with Gasteiger partial charge in [0.1, 0.15) is 6.61 Å². The summed E-state index contributed by atoms with van der Waals surface area (Å²) in [5, 5.41) is 12.9. The van der Waals surface area contributed by atoms with Crippen LogP contribution in [0.3, 0.4) is 0 Å². The first-order chi connectivity index (χ1) is 14.6. The minimum Gasteiger partial charge on any atom is -0.481 e. The average molecular weight is 406 g/mol. The number of azide groups is 1. The monoisotopic (exact) mass is 406 g/mol. The molecule has 0 aromatic heterocycles. The molecule has 2 atom stereocenters. The van der Waals surface area contributed by atoms with Crippen LogP contribution >= 0.6 is 0 Å². The van der Waals surface area contributed by atoms with Crippen molar-refractivity contribution in [3.63, 3.8) is 0 Å². The number of fused-ring (bicyclic) bond motifs is 3. The second-order valence-corrected chi connectivity index (χ2v) is 7.66. The molecule has 0 radical (unpaired) electrons. The highest BCUT2D eigenvalue weighted by Crippen LogP contribution is 2.44. The van der Waals surface area contributed by atoms with E-state index in [9.17, 15) is 14.7 Å². The quantitative estimate of drug-likeness (QED) is 0.453. The lowest BCUT2D eigenvalue weighted by Gasteiger charge is -2.35. The van der Waals surface area contributed by atoms with Crippen LogP contribution in [0.25, 0.3) is 21.6 Å². The van der Waals surface area contributed by atoms with Gasteiger partial charge < -0.3 is 14.7 Å². The van der Waals surface area contributed by atoms with E-state index in [2.05, 4.69) is 34.3 Å². The van der Waals surface area contributed by atoms with Crippen LogP contribution in [0.1, 0.15) is 23.5 Å². The lowest BCUT2D eigenvalue weighted by Crippen LogP contribution is -2.47. The van der Waals surface area contributed by atoms with Crippen LogP contribution in [0, 0.1) is 11.8 Å². The Balaban J connectivity index is 1.45. The molecular formula is C22H22N4O4. The van der Waals surface area contributed by atoms with Gasteiger partial charge in [-0.3, -0.25) is 4.79 Å². The summed E-state index contributed by atoms with van der Waals surface area (Å²) in [7, 11) is 0. The van der Waals surface area contributed by atoms with Gasteiger partial charge in [-0.2, -0.15) is 0 Å². The predicted molar refractivity (Wildman–Crippen MR) is 110 cm³/mol. The first kappa shape index (κ1) is 19.8. The van der Waals surface area contributed by atoms with E-state index in [-0.39, 0.29) is 25.6 Å². The zero-order chi connectivity index (χ0) is 21.1. The summed E-state index contributed by atoms with van der Waals surface area (Å²) in [6.07, 6.45) is -0.155. The molecule has 1 heterocycles. The maximum atomic E-state index is 12.7. The van der Waals surface area contributed by atoms with Crippen molar-refractivity contribution in [3.8, 4) is 11.1 Å². The fraction of sp³-hybridized carbons (Fsp3) is 0.364. The Kier molecular flexibility index (Phi) is 5.59. The van der Waals surface area contributed by atoms with Crippen molar-refractivity contribution in [1.29, 1.82) is 0 Å². The molecule has 154 valence electrons. The number of likely N-dealkylation sites (tertiary alicyclic amines) is 1. The SMILES string of the molecule is [N-]=[N+]=NC[C@@H]1CN(C(=O)OCC2c3ccccc3-c3ccccc32)CC[C@@H]1C(=O)O. The van der Waals surface area contributed by atoms with E-state index in [1.165, 1.54) is 4.90 Å². The summed E-state index contributed by atoms with van der Waals surface area (Å²) in [6.45, 7) is 0.764. The van der Waals surface area contributed by atoms with Crippen LogP contribution in [-0.4, -0.2) is 48.3 Å². The second kappa shape index (κ2) is 8.47. The van der Waals surface area contributed by atoms with E-state index in [4.69, 9.17) is 10.3 Å². The van der Waals surface area contributed by atoms with E-state index in [0.29, 0.717) is 13.0 Å². The summed E-state index contributed by atoms with van der Waals surface area (Å²) in [5.74, 6) is -2.02. The molecule has 1 fully saturated rings. The van der Waals surface area contributed by atoms with Gasteiger partial charge in [0.25, 0.3) is 0 Å². The fourth-order valence-corrected chi connectivity index (χ4v) is 4.53. The molecule has 1 aliphatic carbocycles. The van der Waals surface area contributed by atoms with Gasteiger partial charge in [-0.1, -0.05) is 53.6 Å². The molecule has 8 heteroatoms. The lowest BCUT2D eigenvalue weighted by molar-refractivity contribution is -0.145. The summed E-state index contributed by atoms with van der Waals surface area (Å²) < 4.78 is 5.66. The van der Waals surface area contributed by atoms with Gasteiger partial charge in [-0.05, 0) is 40.1 Å². The van der Waals surface area contributed by atoms with E-state index in [1.807, 2.05) is 24.3 Å². The van der Waals surface area contributed by atoms with Crippen molar-refractivity contribution in [2.75, 3.05) is 26.2 Å². The minimum absolute atomic E-state index is 0.0307. The molecule has 0 bridgehead atoms. The molecule has 0 saturated carbocycles. The zero-order valence-electron chi connectivity index (χ0n) is 16.3. The summed E-state index contributed by atoms with van der Waals surface area (Å²) in [5.41, 5.74) is 13.2. The largest absolute Gasteiger partial charge is 0.481 e. The molecule has 1 N–H and O–H groups in total. The van der Waals surface area contributed by atoms with Gasteiger partial charge in [-0.15, -0.1) is 0 Å². The average Bonchev–Trinajstić information content (AvgIpc) is 3.09. The Morgan fingerprint density at radius 1 is 1.13 bits per heavy atom. The van der Waals surface area contributed by atoms with Crippen molar-refractivity contribution in [1.82, 2.24) is 4.90 Å². The highest BCUT2D eigenvalue weighted by Gasteiger charge is 2.36. The molecule has 0 spiro atoms. The number of ether oxygens (including phenoxy) is 1. The fourth-order valence-electron chi connectivity index (χ4n) is 4.53. The number of carboxylic acids is 1. The molecule has 1 aliphatic heterocycles. The van der Waals surface area contributed by atoms with Crippen molar-refractivity contribution < 1.29 is 19.4 Å². The molecule has 2 aromatic carbocycles. The molecule has 30 heavy (non-hydrogen) atoms. The number of carbonyl (C=O) groups is 2. The van der Waals surface area contributed by atoms with Crippen molar-refractivity contribution in [2.45, 2.75) is 12.3 Å². The van der Waals surface area contributed by atoms with Gasteiger partial charge in [0.15, 0.2) is 0 Å². The van der Waals surface area contributed by atoms with E-state index in [1.54, 1.807) is 0 Å². The normalized spacial score (nSPS) is 20.1. The number of piperidine rings is 1. The number of rotatable bonds is 5. The van der Waals surface area contributed by atoms with Gasteiger partial charge >= 0.3 is 12.1 Å². The summed E-state index contributed by atoms with van der Waals surface area (Å²) >= 11 is 0. The number of benzene rings is 2. The summed E-state index contributed by atoms with van der Waals surface area (Å²) in [6, 6.07) is 16.2. The number of carboxylic acid groups (broad SMARTS) is 1. The molecule has 1 amide bonds. The van der Waals surface area contributed by atoms with Crippen LogP contribution in [0.2, 0.25) is 0 Å². The number of carbonyl (C=O) groups excluding carboxylic acids is 1. The van der Waals surface area contributed by atoms with Crippen LogP contribution in [0.5, 0.6) is 0 Å². The van der Waals surface area contributed by atoms with Crippen LogP contribution in [0.4, 0.5) is 4.79 Å². The van der Waals surface area contributed by atoms with Gasteiger partial charge in [0, 0.05) is 30.5 Å². The number of amides is 1. The first-order valence-corrected chi connectivity index (χ1v) is 9.93. The minimum atomic E-state index is -0.930. The smallest absolute Gasteiger partial charge is 0.409 e. The molecule has 0 unspecified atom stereocenters. The first-order valence-electron chi connectivity index (χ1n) is 9.93. The Hall–Kier alpha value is -3.51. The molecule has 4 rings (SSSR count). The molecular weight excluding hydrogens is 384 g/mol. The van der Waals surface area contributed by atoms with Gasteiger partial charge in [0.2, 0.25) is 0 Å². The van der Waals surface area contributed by atoms with Crippen molar-refractivity contribution in [3.05, 3.63) is 70.1 Å². The summed E-state index contributed by atoms with van der Waals surface area (Å²) in [4.78, 5) is 28.4. The van der Waals surface area contributed by atoms with E-state index < -0.39 is 23.9 Å². The van der Waals surface area contributed by atoms with Gasteiger partial charge in [0.05, 0.1) is 5.92 Å². The highest BCUT2D eigenvalue weighted by atomic mass is 16.6. The third-order valence-electron chi connectivity index (χ3n) is 6.02. The van der Waals surface area contributed by atoms with E-state index in [0.717, 1.165) is 22.3 Å². The standard InChI is InChI=1S/C22H22N4O4/c23-25-24-11-14-12-26(10-9-15(14)21(27)28)22(29)30-13-20-18-7-3-1-5-16(18)17-6-2-4-8-19(17)20/h1-8,14-15,20H,9-13H2,(H,27,28)/t14-,15+/m1/s1. The Bertz CT molecular complexity index is 972. The van der Waals surface area contributed by atoms with Crippen LogP contribution in [-0.2, 0) is 9.53 Å². The van der Waals surface area contributed by atoms with Gasteiger partial charge in [-0.25, -0.2) is 4.79 Å². The Morgan fingerprint density at radius 3 is 2.37 bits per heavy atom. The number of aliphatic carboxylic acids is 1. The molecule has 1 saturated heterocycles. The second-order valence-electron chi connectivity index (χ2n) is 7.66. The van der Waals surface area contributed by atoms with Crippen molar-refractivity contribution >= 4 is 12.1 Å². The zero-order valence-corrected chi connectivity index (χ0v) is 16.3. The van der Waals surface area contributed by atoms with E-state index >= 15 is 0 Å². The number of nitrogens with zero attached hydrogens (tertiary/aromatic N) is 4. The third-order valence-corrected chi connectivity index (χ3v) is 6.02. The van der Waals surface area contributed by atoms with Crippen molar-refractivity contribution in [2.24, 2.45) is 17.0 Å². The molecule has 8 nitrogen and oxygen atoms in total. The molecule has 2 aliphatic rings. The third kappa shape index (κ3) is 3.69. The predicted octanol–water partition coefficient (Wildman–Crippen LogP) is 4.27.